The van der Waals surface area contributed by atoms with Gasteiger partial charge in [0.2, 0.25) is 0 Å². The Labute approximate surface area is 205 Å². The molecule has 0 aliphatic heterocycles. The standard InChI is InChI=1S/C27H21N7S/c1-15(16-4-5-16)30-18-9-17(11-28-12-18)21-6-7-22-26(32-21)27(34-33-22)23-10-19-20(25-3-2-8-35-25)13-29-14-24(19)31-23/h2-3,6-14,16,30-31H,1,4-5H2,(H,33,34). The summed E-state index contributed by atoms with van der Waals surface area (Å²) in [6.45, 7) is 4.16. The first-order chi connectivity index (χ1) is 17.2. The SMILES string of the molecule is C=C(Nc1cncc(-c2ccc3[nH]nc(-c4cc5c(-c6cccs6)cncc5[nH]4)c3n2)c1)C1CC1. The Kier molecular flexibility index (Phi) is 4.53. The van der Waals surface area contributed by atoms with Crippen LogP contribution in [-0.4, -0.2) is 30.1 Å². The molecule has 0 saturated heterocycles. The smallest absolute Gasteiger partial charge is 0.135 e. The average molecular weight is 476 g/mol. The van der Waals surface area contributed by atoms with Crippen molar-refractivity contribution in [3.05, 3.63) is 78.8 Å². The second-order valence-electron chi connectivity index (χ2n) is 8.86. The molecular formula is C27H21N7S. The van der Waals surface area contributed by atoms with Gasteiger partial charge in [-0.25, -0.2) is 4.98 Å². The van der Waals surface area contributed by atoms with Crippen molar-refractivity contribution in [1.82, 2.24) is 30.1 Å². The third-order valence-corrected chi connectivity index (χ3v) is 7.31. The van der Waals surface area contributed by atoms with Crippen molar-refractivity contribution in [3.63, 3.8) is 0 Å². The number of hydrogen-bond acceptors (Lipinski definition) is 6. The lowest BCUT2D eigenvalue weighted by molar-refractivity contribution is 1.02. The number of hydrogen-bond donors (Lipinski definition) is 3. The van der Waals surface area contributed by atoms with Crippen molar-refractivity contribution in [2.45, 2.75) is 12.8 Å². The van der Waals surface area contributed by atoms with Gasteiger partial charge in [0.15, 0.2) is 0 Å². The molecule has 170 valence electrons. The monoisotopic (exact) mass is 475 g/mol. The van der Waals surface area contributed by atoms with Crippen molar-refractivity contribution in [1.29, 1.82) is 0 Å². The topological polar surface area (TPSA) is 95.2 Å². The van der Waals surface area contributed by atoms with E-state index in [9.17, 15) is 0 Å². The summed E-state index contributed by atoms with van der Waals surface area (Å²) in [7, 11) is 0. The minimum atomic E-state index is 0.577. The van der Waals surface area contributed by atoms with Crippen molar-refractivity contribution < 1.29 is 0 Å². The number of pyridine rings is 3. The fraction of sp³-hybridized carbons (Fsp3) is 0.111. The van der Waals surface area contributed by atoms with Crippen LogP contribution < -0.4 is 5.32 Å². The summed E-state index contributed by atoms with van der Waals surface area (Å²) in [5.74, 6) is 0.577. The Morgan fingerprint density at radius 2 is 1.94 bits per heavy atom. The van der Waals surface area contributed by atoms with Crippen LogP contribution in [0, 0.1) is 5.92 Å². The van der Waals surface area contributed by atoms with E-state index in [1.807, 2.05) is 36.9 Å². The van der Waals surface area contributed by atoms with E-state index in [1.54, 1.807) is 11.3 Å². The van der Waals surface area contributed by atoms with Gasteiger partial charge in [0.05, 0.1) is 40.5 Å². The lowest BCUT2D eigenvalue weighted by Gasteiger charge is -2.09. The molecule has 6 aromatic rings. The molecule has 1 aliphatic rings. The van der Waals surface area contributed by atoms with Crippen molar-refractivity contribution in [3.8, 4) is 33.1 Å². The summed E-state index contributed by atoms with van der Waals surface area (Å²) in [5.41, 5.74) is 9.20. The maximum Gasteiger partial charge on any atom is 0.135 e. The number of thiophene rings is 1. The number of anilines is 1. The number of nitrogens with zero attached hydrogens (tertiary/aromatic N) is 4. The zero-order valence-corrected chi connectivity index (χ0v) is 19.6. The van der Waals surface area contributed by atoms with E-state index in [0.29, 0.717) is 5.92 Å². The first-order valence-corrected chi connectivity index (χ1v) is 12.4. The summed E-state index contributed by atoms with van der Waals surface area (Å²) in [6, 6.07) is 12.4. The Hall–Kier alpha value is -4.30. The molecule has 6 aromatic heterocycles. The van der Waals surface area contributed by atoms with Crippen molar-refractivity contribution in [2.75, 3.05) is 5.32 Å². The number of H-pyrrole nitrogens is 2. The van der Waals surface area contributed by atoms with Gasteiger partial charge in [0.1, 0.15) is 11.2 Å². The summed E-state index contributed by atoms with van der Waals surface area (Å²) in [5, 5.41) is 14.3. The highest BCUT2D eigenvalue weighted by Gasteiger charge is 2.24. The summed E-state index contributed by atoms with van der Waals surface area (Å²) in [6.07, 6.45) is 9.83. The quantitative estimate of drug-likeness (QED) is 0.251. The molecule has 1 saturated carbocycles. The van der Waals surface area contributed by atoms with Gasteiger partial charge < -0.3 is 10.3 Å². The molecule has 0 spiro atoms. The molecule has 6 heterocycles. The molecule has 0 radical (unpaired) electrons. The molecule has 0 bridgehead atoms. The number of nitrogens with one attached hydrogen (secondary N) is 3. The number of aromatic nitrogens is 6. The number of fused-ring (bicyclic) bond motifs is 2. The van der Waals surface area contributed by atoms with Gasteiger partial charge in [-0.15, -0.1) is 11.3 Å². The maximum atomic E-state index is 4.97. The molecule has 1 aliphatic carbocycles. The normalized spacial score (nSPS) is 13.5. The van der Waals surface area contributed by atoms with E-state index >= 15 is 0 Å². The van der Waals surface area contributed by atoms with Gasteiger partial charge in [0.25, 0.3) is 0 Å². The lowest BCUT2D eigenvalue weighted by Crippen LogP contribution is -2.00. The highest BCUT2D eigenvalue weighted by Crippen LogP contribution is 2.37. The lowest BCUT2D eigenvalue weighted by atomic mass is 10.1. The number of rotatable bonds is 6. The third-order valence-electron chi connectivity index (χ3n) is 6.40. The molecule has 0 amide bonds. The molecule has 35 heavy (non-hydrogen) atoms. The fourth-order valence-corrected chi connectivity index (χ4v) is 5.17. The van der Waals surface area contributed by atoms with E-state index in [4.69, 9.17) is 4.98 Å². The second kappa shape index (κ2) is 7.89. The van der Waals surface area contributed by atoms with Crippen LogP contribution in [0.2, 0.25) is 0 Å². The number of aromatic amines is 2. The van der Waals surface area contributed by atoms with Crippen LogP contribution in [0.5, 0.6) is 0 Å². The largest absolute Gasteiger partial charge is 0.358 e. The Bertz CT molecular complexity index is 1710. The summed E-state index contributed by atoms with van der Waals surface area (Å²) in [4.78, 5) is 18.5. The summed E-state index contributed by atoms with van der Waals surface area (Å²) >= 11 is 1.70. The van der Waals surface area contributed by atoms with Crippen LogP contribution in [0.15, 0.2) is 78.8 Å². The Morgan fingerprint density at radius 3 is 2.80 bits per heavy atom. The van der Waals surface area contributed by atoms with E-state index in [1.165, 1.54) is 17.7 Å². The minimum Gasteiger partial charge on any atom is -0.358 e. The minimum absolute atomic E-state index is 0.577. The first kappa shape index (κ1) is 20.1. The Morgan fingerprint density at radius 1 is 1.03 bits per heavy atom. The van der Waals surface area contributed by atoms with Gasteiger partial charge in [0, 0.05) is 39.5 Å². The van der Waals surface area contributed by atoms with E-state index in [2.05, 4.69) is 66.7 Å². The molecule has 0 atom stereocenters. The maximum absolute atomic E-state index is 4.97. The van der Waals surface area contributed by atoms with Crippen LogP contribution in [0.1, 0.15) is 12.8 Å². The molecule has 0 aromatic carbocycles. The van der Waals surface area contributed by atoms with Crippen LogP contribution >= 0.6 is 11.3 Å². The molecule has 1 fully saturated rings. The van der Waals surface area contributed by atoms with Gasteiger partial charge in [-0.3, -0.25) is 15.1 Å². The van der Waals surface area contributed by atoms with Crippen LogP contribution in [0.25, 0.3) is 55.0 Å². The molecule has 7 nitrogen and oxygen atoms in total. The van der Waals surface area contributed by atoms with Gasteiger partial charge in [-0.05, 0) is 54.5 Å². The van der Waals surface area contributed by atoms with E-state index < -0.39 is 0 Å². The highest BCUT2D eigenvalue weighted by atomic mass is 32.1. The molecule has 3 N–H and O–H groups in total. The van der Waals surface area contributed by atoms with Crippen molar-refractivity contribution in [2.24, 2.45) is 5.92 Å². The summed E-state index contributed by atoms with van der Waals surface area (Å²) < 4.78 is 0. The highest BCUT2D eigenvalue weighted by molar-refractivity contribution is 7.13. The number of allylic oxidation sites excluding steroid dienone is 1. The van der Waals surface area contributed by atoms with E-state index in [0.717, 1.165) is 61.5 Å². The first-order valence-electron chi connectivity index (χ1n) is 11.5. The van der Waals surface area contributed by atoms with Gasteiger partial charge >= 0.3 is 0 Å². The van der Waals surface area contributed by atoms with Gasteiger partial charge in [-0.2, -0.15) is 5.10 Å². The predicted octanol–water partition coefficient (Wildman–Crippen LogP) is 6.63. The molecule has 7 rings (SSSR count). The molecular weight excluding hydrogens is 454 g/mol. The third kappa shape index (κ3) is 3.59. The molecule has 8 heteroatoms. The van der Waals surface area contributed by atoms with Crippen LogP contribution in [0.4, 0.5) is 5.69 Å². The van der Waals surface area contributed by atoms with Crippen LogP contribution in [-0.2, 0) is 0 Å². The second-order valence-corrected chi connectivity index (χ2v) is 9.81. The van der Waals surface area contributed by atoms with Crippen LogP contribution in [0.3, 0.4) is 0 Å². The van der Waals surface area contributed by atoms with E-state index in [-0.39, 0.29) is 0 Å². The fourth-order valence-electron chi connectivity index (χ4n) is 4.42. The Balaban J connectivity index is 1.29. The zero-order chi connectivity index (χ0) is 23.4. The zero-order valence-electron chi connectivity index (χ0n) is 18.7. The van der Waals surface area contributed by atoms with Gasteiger partial charge in [-0.1, -0.05) is 12.6 Å². The average Bonchev–Trinajstić information content (AvgIpc) is 3.26. The van der Waals surface area contributed by atoms with Crippen molar-refractivity contribution >= 4 is 39.0 Å². The molecule has 0 unspecified atom stereocenters. The predicted molar refractivity (Wildman–Crippen MR) is 141 cm³/mol.